The summed E-state index contributed by atoms with van der Waals surface area (Å²) in [7, 11) is 4.00. The van der Waals surface area contributed by atoms with Gasteiger partial charge in [0.1, 0.15) is 23.7 Å². The lowest BCUT2D eigenvalue weighted by atomic mass is 10.0. The molecule has 2 aliphatic rings. The number of carbonyl (C=O) groups excluding carboxylic acids is 4. The maximum atomic E-state index is 13.5. The van der Waals surface area contributed by atoms with E-state index in [0.29, 0.717) is 24.7 Å². The number of imidazole rings is 2. The van der Waals surface area contributed by atoms with Crippen LogP contribution in [0, 0.1) is 17.8 Å². The number of nitrogens with one attached hydrogen (secondary N) is 4. The van der Waals surface area contributed by atoms with Crippen molar-refractivity contribution in [2.75, 3.05) is 41.0 Å². The summed E-state index contributed by atoms with van der Waals surface area (Å²) in [6.07, 6.45) is 3.59. The third-order valence-corrected chi connectivity index (χ3v) is 9.85. The minimum Gasteiger partial charge on any atom is -0.453 e. The molecule has 54 heavy (non-hydrogen) atoms. The Balaban J connectivity index is 1.12. The molecule has 0 aliphatic carbocycles. The Morgan fingerprint density at radius 3 is 2.13 bits per heavy atom. The lowest BCUT2D eigenvalue weighted by molar-refractivity contribution is -0.136. The quantitative estimate of drug-likeness (QED) is 0.171. The lowest BCUT2D eigenvalue weighted by Gasteiger charge is -2.30. The van der Waals surface area contributed by atoms with Crippen molar-refractivity contribution in [3.63, 3.8) is 0 Å². The number of ether oxygens (including phenoxy) is 3. The molecule has 4 heterocycles. The van der Waals surface area contributed by atoms with Crippen molar-refractivity contribution in [3.8, 4) is 23.1 Å². The van der Waals surface area contributed by atoms with Crippen LogP contribution in [0.15, 0.2) is 48.7 Å². The molecule has 0 spiro atoms. The Bertz CT molecular complexity index is 2050. The van der Waals surface area contributed by atoms with Crippen LogP contribution in [0.5, 0.6) is 0 Å². The topological polar surface area (TPSA) is 184 Å². The Morgan fingerprint density at radius 2 is 1.46 bits per heavy atom. The van der Waals surface area contributed by atoms with Gasteiger partial charge in [0, 0.05) is 31.3 Å². The number of rotatable bonds is 10. The molecule has 4 N–H and O–H groups in total. The van der Waals surface area contributed by atoms with Gasteiger partial charge in [-0.25, -0.2) is 19.6 Å². The van der Waals surface area contributed by atoms with Crippen LogP contribution in [-0.4, -0.2) is 107 Å². The van der Waals surface area contributed by atoms with Crippen LogP contribution in [0.4, 0.5) is 9.59 Å². The number of nitrogens with zero attached hydrogens (tertiary/aromatic N) is 4. The second-order valence-electron chi connectivity index (χ2n) is 13.7. The van der Waals surface area contributed by atoms with E-state index in [4.69, 9.17) is 14.5 Å². The zero-order valence-electron chi connectivity index (χ0n) is 31.1. The fraction of sp³-hybridized carbons (Fsp3) is 0.436. The van der Waals surface area contributed by atoms with E-state index in [1.807, 2.05) is 56.3 Å². The van der Waals surface area contributed by atoms with Crippen LogP contribution < -0.4 is 10.6 Å². The summed E-state index contributed by atoms with van der Waals surface area (Å²) >= 11 is 0. The van der Waals surface area contributed by atoms with Crippen molar-refractivity contribution >= 4 is 35.0 Å². The summed E-state index contributed by atoms with van der Waals surface area (Å²) < 4.78 is 14.6. The highest BCUT2D eigenvalue weighted by Gasteiger charge is 2.38. The van der Waals surface area contributed by atoms with Crippen LogP contribution in [0.1, 0.15) is 74.4 Å². The van der Waals surface area contributed by atoms with E-state index in [9.17, 15) is 19.2 Å². The van der Waals surface area contributed by atoms with Gasteiger partial charge in [0.2, 0.25) is 11.8 Å². The first-order valence-electron chi connectivity index (χ1n) is 18.1. The first kappa shape index (κ1) is 37.9. The van der Waals surface area contributed by atoms with Gasteiger partial charge in [-0.15, -0.1) is 0 Å². The molecule has 284 valence electrons. The smallest absolute Gasteiger partial charge is 0.407 e. The maximum absolute atomic E-state index is 13.5. The largest absolute Gasteiger partial charge is 0.453 e. The average Bonchev–Trinajstić information content (AvgIpc) is 4.01. The number of benzene rings is 2. The van der Waals surface area contributed by atoms with E-state index >= 15 is 0 Å². The van der Waals surface area contributed by atoms with Crippen molar-refractivity contribution in [1.82, 2.24) is 40.4 Å². The van der Waals surface area contributed by atoms with Crippen molar-refractivity contribution in [2.24, 2.45) is 5.92 Å². The van der Waals surface area contributed by atoms with Gasteiger partial charge in [-0.3, -0.25) is 9.59 Å². The summed E-state index contributed by atoms with van der Waals surface area (Å²) in [6, 6.07) is 11.6. The normalized spacial score (nSPS) is 17.9. The molecule has 0 radical (unpaired) electrons. The molecule has 2 fully saturated rings. The number of carbonyl (C=O) groups is 4. The van der Waals surface area contributed by atoms with Gasteiger partial charge in [-0.1, -0.05) is 37.8 Å². The minimum absolute atomic E-state index is 0.0215. The summed E-state index contributed by atoms with van der Waals surface area (Å²) in [6.45, 7) is 4.93. The molecule has 15 heteroatoms. The molecule has 0 bridgehead atoms. The zero-order valence-corrected chi connectivity index (χ0v) is 31.1. The van der Waals surface area contributed by atoms with E-state index in [-0.39, 0.29) is 36.4 Å². The third kappa shape index (κ3) is 8.34. The van der Waals surface area contributed by atoms with Gasteiger partial charge in [-0.2, -0.15) is 0 Å². The van der Waals surface area contributed by atoms with Crippen molar-refractivity contribution in [2.45, 2.75) is 63.7 Å². The van der Waals surface area contributed by atoms with Gasteiger partial charge in [-0.05, 0) is 67.5 Å². The molecule has 4 amide bonds. The number of hydrogen-bond acceptors (Lipinski definition) is 9. The highest BCUT2D eigenvalue weighted by atomic mass is 16.5. The molecule has 2 aromatic carbocycles. The average molecular weight is 739 g/mol. The Labute approximate surface area is 313 Å². The van der Waals surface area contributed by atoms with Crippen molar-refractivity contribution in [3.05, 3.63) is 71.4 Å². The van der Waals surface area contributed by atoms with Crippen molar-refractivity contribution < 1.29 is 33.4 Å². The Morgan fingerprint density at radius 1 is 0.833 bits per heavy atom. The molecule has 4 atom stereocenters. The van der Waals surface area contributed by atoms with Crippen LogP contribution >= 0.6 is 0 Å². The molecule has 6 rings (SSSR count). The Hall–Kier alpha value is -5.88. The predicted octanol–water partition coefficient (Wildman–Crippen LogP) is 4.43. The predicted molar refractivity (Wildman–Crippen MR) is 199 cm³/mol. The van der Waals surface area contributed by atoms with Gasteiger partial charge in [0.25, 0.3) is 0 Å². The van der Waals surface area contributed by atoms with Crippen LogP contribution in [0.2, 0.25) is 0 Å². The molecular weight excluding hydrogens is 692 g/mol. The lowest BCUT2D eigenvalue weighted by Crippen LogP contribution is -2.51. The summed E-state index contributed by atoms with van der Waals surface area (Å²) in [5.74, 6) is 7.34. The number of H-pyrrole nitrogens is 2. The second kappa shape index (κ2) is 16.9. The van der Waals surface area contributed by atoms with Gasteiger partial charge in [0.15, 0.2) is 0 Å². The number of likely N-dealkylation sites (tertiary alicyclic amines) is 2. The third-order valence-electron chi connectivity index (χ3n) is 9.85. The van der Waals surface area contributed by atoms with E-state index in [0.717, 1.165) is 59.1 Å². The summed E-state index contributed by atoms with van der Waals surface area (Å²) in [5, 5.41) is 5.25. The first-order valence-corrected chi connectivity index (χ1v) is 18.1. The van der Waals surface area contributed by atoms with Crippen LogP contribution in [-0.2, 0) is 23.8 Å². The fourth-order valence-corrected chi connectivity index (χ4v) is 7.05. The number of aromatic nitrogens is 4. The number of methoxy groups -OCH3 is 3. The highest BCUT2D eigenvalue weighted by Crippen LogP contribution is 2.34. The number of hydrogen-bond donors (Lipinski definition) is 4. The molecular formula is C39H46N8O7. The number of aromatic amines is 2. The SMILES string of the molecule is COC[C@H](NC(=O)OC)C(=O)N1CCC[C@H]1c1nc2ccc(C#Cc3ccc(-c4cnc([C@@H]5CCCN5C(=O)[C@@H](NC(=O)OC)C(C)C)[nH]4)cc3)cc2[nH]1. The number of amides is 4. The van der Waals surface area contributed by atoms with E-state index in [1.165, 1.54) is 21.3 Å². The minimum atomic E-state index is -0.873. The molecule has 0 saturated carbocycles. The van der Waals surface area contributed by atoms with Crippen molar-refractivity contribution in [1.29, 1.82) is 0 Å². The molecule has 0 unspecified atom stereocenters. The molecule has 4 aromatic rings. The van der Waals surface area contributed by atoms with Gasteiger partial charge in [0.05, 0.1) is 55.8 Å². The maximum Gasteiger partial charge on any atom is 0.407 e. The Kier molecular flexibility index (Phi) is 11.8. The van der Waals surface area contributed by atoms with Gasteiger partial charge < -0.3 is 44.6 Å². The fourth-order valence-electron chi connectivity index (χ4n) is 7.05. The van der Waals surface area contributed by atoms with Crippen LogP contribution in [0.25, 0.3) is 22.3 Å². The summed E-state index contributed by atoms with van der Waals surface area (Å²) in [4.78, 5) is 70.4. The molecule has 2 aromatic heterocycles. The van der Waals surface area contributed by atoms with E-state index in [1.54, 1.807) is 16.0 Å². The number of alkyl carbamates (subject to hydrolysis) is 2. The standard InChI is InChI=1S/C39H46N8O7/c1-23(2)33(45-39(51)54-5)37(49)47-19-6-8-31(47)34-40-21-29(43-34)26-15-12-24(13-16-26)10-11-25-14-17-27-28(20-25)42-35(41-27)32-9-7-18-46(32)36(48)30(22-52-3)44-38(50)53-4/h12-17,20-21,23,30-33H,6-9,18-19,22H2,1-5H3,(H,40,43)(H,41,42)(H,44,50)(H,45,51)/t30-,31-,32-,33-/m0/s1. The van der Waals surface area contributed by atoms with E-state index in [2.05, 4.69) is 42.2 Å². The zero-order chi connectivity index (χ0) is 38.4. The molecule has 15 nitrogen and oxygen atoms in total. The van der Waals surface area contributed by atoms with Crippen LogP contribution in [0.3, 0.4) is 0 Å². The van der Waals surface area contributed by atoms with Gasteiger partial charge >= 0.3 is 12.2 Å². The number of fused-ring (bicyclic) bond motifs is 1. The van der Waals surface area contributed by atoms with E-state index < -0.39 is 24.3 Å². The molecule has 2 aliphatic heterocycles. The summed E-state index contributed by atoms with van der Waals surface area (Å²) in [5.41, 5.74) is 4.97. The highest BCUT2D eigenvalue weighted by molar-refractivity contribution is 5.87. The molecule has 2 saturated heterocycles. The second-order valence-corrected chi connectivity index (χ2v) is 13.7. The first-order chi connectivity index (χ1) is 26.1. The monoisotopic (exact) mass is 738 g/mol.